The van der Waals surface area contributed by atoms with Crippen molar-refractivity contribution in [3.63, 3.8) is 0 Å². The predicted molar refractivity (Wildman–Crippen MR) is 96.1 cm³/mol. The third-order valence-electron chi connectivity index (χ3n) is 3.26. The van der Waals surface area contributed by atoms with Crippen molar-refractivity contribution in [2.75, 3.05) is 5.32 Å². The van der Waals surface area contributed by atoms with Crippen molar-refractivity contribution in [1.82, 2.24) is 10.2 Å². The largest absolute Gasteiger partial charge is 0.296 e. The highest BCUT2D eigenvalue weighted by molar-refractivity contribution is 7.15. The Hall–Kier alpha value is -2.97. The number of aromatic nitrogens is 2. The zero-order chi connectivity index (χ0) is 16.8. The van der Waals surface area contributed by atoms with Crippen molar-refractivity contribution in [3.05, 3.63) is 76.3 Å². The SMILES string of the molecule is CCc1nnc(NC(=O)c2ccc(C#Cc3ccccc3)cc2)s1. The van der Waals surface area contributed by atoms with Gasteiger partial charge >= 0.3 is 0 Å². The Balaban J connectivity index is 1.68. The quantitative estimate of drug-likeness (QED) is 0.743. The number of benzene rings is 2. The molecule has 1 heterocycles. The molecule has 0 unspecified atom stereocenters. The Labute approximate surface area is 144 Å². The smallest absolute Gasteiger partial charge is 0.257 e. The van der Waals surface area contributed by atoms with E-state index in [2.05, 4.69) is 27.4 Å². The van der Waals surface area contributed by atoms with E-state index in [0.717, 1.165) is 22.6 Å². The summed E-state index contributed by atoms with van der Waals surface area (Å²) in [6.45, 7) is 2.00. The first-order valence-electron chi connectivity index (χ1n) is 7.55. The van der Waals surface area contributed by atoms with Gasteiger partial charge in [-0.15, -0.1) is 10.2 Å². The van der Waals surface area contributed by atoms with Crippen molar-refractivity contribution >= 4 is 22.4 Å². The third-order valence-corrected chi connectivity index (χ3v) is 4.24. The fourth-order valence-electron chi connectivity index (χ4n) is 1.99. The van der Waals surface area contributed by atoms with Crippen LogP contribution in [-0.2, 0) is 6.42 Å². The van der Waals surface area contributed by atoms with Crippen LogP contribution in [-0.4, -0.2) is 16.1 Å². The molecule has 4 nitrogen and oxygen atoms in total. The van der Waals surface area contributed by atoms with Crippen molar-refractivity contribution in [2.45, 2.75) is 13.3 Å². The number of hydrogen-bond acceptors (Lipinski definition) is 4. The van der Waals surface area contributed by atoms with Gasteiger partial charge in [0.2, 0.25) is 5.13 Å². The molecule has 3 rings (SSSR count). The van der Waals surface area contributed by atoms with Crippen LogP contribution in [0.5, 0.6) is 0 Å². The lowest BCUT2D eigenvalue weighted by Gasteiger charge is -2.01. The van der Waals surface area contributed by atoms with Crippen LogP contribution in [0.3, 0.4) is 0 Å². The van der Waals surface area contributed by atoms with Crippen molar-refractivity contribution in [3.8, 4) is 11.8 Å². The van der Waals surface area contributed by atoms with Crippen LogP contribution in [0.1, 0.15) is 33.4 Å². The van der Waals surface area contributed by atoms with Crippen LogP contribution in [0.4, 0.5) is 5.13 Å². The van der Waals surface area contributed by atoms with Crippen molar-refractivity contribution in [2.24, 2.45) is 0 Å². The first-order chi connectivity index (χ1) is 11.7. The second kappa shape index (κ2) is 7.53. The van der Waals surface area contributed by atoms with Gasteiger partial charge in [-0.3, -0.25) is 10.1 Å². The lowest BCUT2D eigenvalue weighted by molar-refractivity contribution is 0.102. The summed E-state index contributed by atoms with van der Waals surface area (Å²) < 4.78 is 0. The molecule has 0 radical (unpaired) electrons. The molecule has 0 aliphatic rings. The highest BCUT2D eigenvalue weighted by atomic mass is 32.1. The number of amides is 1. The van der Waals surface area contributed by atoms with Gasteiger partial charge in [0.05, 0.1) is 0 Å². The number of nitrogens with zero attached hydrogens (tertiary/aromatic N) is 2. The molecule has 0 fully saturated rings. The zero-order valence-electron chi connectivity index (χ0n) is 13.1. The second-order valence-electron chi connectivity index (χ2n) is 5.00. The van der Waals surface area contributed by atoms with Gasteiger partial charge in [0.15, 0.2) is 0 Å². The number of carbonyl (C=O) groups is 1. The average Bonchev–Trinajstić information content (AvgIpc) is 3.09. The minimum atomic E-state index is -0.198. The predicted octanol–water partition coefficient (Wildman–Crippen LogP) is 3.75. The molecule has 1 N–H and O–H groups in total. The van der Waals surface area contributed by atoms with E-state index in [-0.39, 0.29) is 5.91 Å². The molecule has 0 saturated heterocycles. The molecule has 0 spiro atoms. The number of aryl methyl sites for hydroxylation is 1. The van der Waals surface area contributed by atoms with E-state index in [1.54, 1.807) is 12.1 Å². The molecule has 0 saturated carbocycles. The average molecular weight is 333 g/mol. The maximum atomic E-state index is 12.2. The Morgan fingerprint density at radius 3 is 2.29 bits per heavy atom. The van der Waals surface area contributed by atoms with Gasteiger partial charge in [-0.25, -0.2) is 0 Å². The van der Waals surface area contributed by atoms with E-state index in [0.29, 0.717) is 10.7 Å². The van der Waals surface area contributed by atoms with Crippen LogP contribution in [0.2, 0.25) is 0 Å². The van der Waals surface area contributed by atoms with E-state index in [1.165, 1.54) is 11.3 Å². The molecular weight excluding hydrogens is 318 g/mol. The van der Waals surface area contributed by atoms with Crippen LogP contribution in [0.15, 0.2) is 54.6 Å². The fourth-order valence-corrected chi connectivity index (χ4v) is 2.66. The molecule has 118 valence electrons. The number of anilines is 1. The Bertz CT molecular complexity index is 890. The van der Waals surface area contributed by atoms with Gasteiger partial charge < -0.3 is 0 Å². The summed E-state index contributed by atoms with van der Waals surface area (Å²) in [4.78, 5) is 12.2. The van der Waals surface area contributed by atoms with Crippen LogP contribution in [0, 0.1) is 11.8 Å². The minimum absolute atomic E-state index is 0.198. The number of carbonyl (C=O) groups excluding carboxylic acids is 1. The van der Waals surface area contributed by atoms with E-state index < -0.39 is 0 Å². The highest BCUT2D eigenvalue weighted by Gasteiger charge is 2.09. The highest BCUT2D eigenvalue weighted by Crippen LogP contribution is 2.16. The topological polar surface area (TPSA) is 54.9 Å². The zero-order valence-corrected chi connectivity index (χ0v) is 13.9. The molecule has 2 aromatic carbocycles. The van der Waals surface area contributed by atoms with E-state index >= 15 is 0 Å². The van der Waals surface area contributed by atoms with Gasteiger partial charge in [0.25, 0.3) is 5.91 Å². The summed E-state index contributed by atoms with van der Waals surface area (Å²) in [5.41, 5.74) is 2.38. The molecule has 0 aliphatic carbocycles. The molecule has 0 aliphatic heterocycles. The third kappa shape index (κ3) is 4.06. The van der Waals surface area contributed by atoms with E-state index in [1.807, 2.05) is 49.4 Å². The lowest BCUT2D eigenvalue weighted by Crippen LogP contribution is -2.11. The fraction of sp³-hybridized carbons (Fsp3) is 0.105. The van der Waals surface area contributed by atoms with E-state index in [4.69, 9.17) is 0 Å². The van der Waals surface area contributed by atoms with Gasteiger partial charge in [-0.1, -0.05) is 48.3 Å². The molecule has 1 amide bonds. The minimum Gasteiger partial charge on any atom is -0.296 e. The van der Waals surface area contributed by atoms with Crippen LogP contribution < -0.4 is 5.32 Å². The van der Waals surface area contributed by atoms with Gasteiger partial charge in [-0.2, -0.15) is 0 Å². The monoisotopic (exact) mass is 333 g/mol. The van der Waals surface area contributed by atoms with Crippen molar-refractivity contribution < 1.29 is 4.79 Å². The number of hydrogen-bond donors (Lipinski definition) is 1. The number of rotatable bonds is 3. The van der Waals surface area contributed by atoms with E-state index in [9.17, 15) is 4.79 Å². The summed E-state index contributed by atoms with van der Waals surface area (Å²) in [5.74, 6) is 5.98. The van der Waals surface area contributed by atoms with Crippen LogP contribution in [0.25, 0.3) is 0 Å². The lowest BCUT2D eigenvalue weighted by atomic mass is 10.1. The Kier molecular flexibility index (Phi) is 4.99. The molecule has 0 atom stereocenters. The maximum Gasteiger partial charge on any atom is 0.257 e. The second-order valence-corrected chi connectivity index (χ2v) is 6.06. The van der Waals surface area contributed by atoms with Gasteiger partial charge in [-0.05, 0) is 42.8 Å². The maximum absolute atomic E-state index is 12.2. The van der Waals surface area contributed by atoms with Crippen LogP contribution >= 0.6 is 11.3 Å². The van der Waals surface area contributed by atoms with Gasteiger partial charge in [0.1, 0.15) is 5.01 Å². The summed E-state index contributed by atoms with van der Waals surface area (Å²) in [6, 6.07) is 17.0. The molecule has 3 aromatic rings. The Morgan fingerprint density at radius 2 is 1.67 bits per heavy atom. The standard InChI is InChI=1S/C19H15N3OS/c1-2-17-21-22-19(24-17)20-18(23)16-12-10-15(11-13-16)9-8-14-6-4-3-5-7-14/h3-7,10-13H,2H2,1H3,(H,20,22,23). The summed E-state index contributed by atoms with van der Waals surface area (Å²) in [7, 11) is 0. The first kappa shape index (κ1) is 15.9. The van der Waals surface area contributed by atoms with Crippen molar-refractivity contribution in [1.29, 1.82) is 0 Å². The molecule has 0 bridgehead atoms. The van der Waals surface area contributed by atoms with Gasteiger partial charge in [0, 0.05) is 16.7 Å². The summed E-state index contributed by atoms with van der Waals surface area (Å²) in [5, 5.41) is 12.1. The summed E-state index contributed by atoms with van der Waals surface area (Å²) in [6.07, 6.45) is 0.808. The summed E-state index contributed by atoms with van der Waals surface area (Å²) >= 11 is 1.39. The Morgan fingerprint density at radius 1 is 1.00 bits per heavy atom. The molecule has 1 aromatic heterocycles. The number of nitrogens with one attached hydrogen (secondary N) is 1. The normalized spacial score (nSPS) is 9.88. The molecular formula is C19H15N3OS. The molecule has 24 heavy (non-hydrogen) atoms. The molecule has 5 heteroatoms. The first-order valence-corrected chi connectivity index (χ1v) is 8.37.